The first-order chi connectivity index (χ1) is 12.7. The van der Waals surface area contributed by atoms with Crippen molar-refractivity contribution in [1.29, 1.82) is 0 Å². The summed E-state index contributed by atoms with van der Waals surface area (Å²) in [6.45, 7) is 2.04. The van der Waals surface area contributed by atoms with E-state index in [1.54, 1.807) is 0 Å². The minimum atomic E-state index is 0.187. The molecule has 0 atom stereocenters. The van der Waals surface area contributed by atoms with Crippen molar-refractivity contribution in [2.24, 2.45) is 17.8 Å². The van der Waals surface area contributed by atoms with Crippen molar-refractivity contribution < 1.29 is 4.79 Å². The van der Waals surface area contributed by atoms with Gasteiger partial charge in [0, 0.05) is 23.4 Å². The Morgan fingerprint density at radius 1 is 1.15 bits per heavy atom. The van der Waals surface area contributed by atoms with Crippen molar-refractivity contribution in [3.63, 3.8) is 0 Å². The normalized spacial score (nSPS) is 24.3. The Kier molecular flexibility index (Phi) is 3.55. The van der Waals surface area contributed by atoms with Gasteiger partial charge in [0.2, 0.25) is 5.91 Å². The first kappa shape index (κ1) is 15.6. The van der Waals surface area contributed by atoms with Crippen molar-refractivity contribution in [2.75, 3.05) is 5.32 Å². The van der Waals surface area contributed by atoms with Crippen LogP contribution >= 0.6 is 0 Å². The maximum Gasteiger partial charge on any atom is 0.228 e. The van der Waals surface area contributed by atoms with Gasteiger partial charge in [-0.15, -0.1) is 5.10 Å². The van der Waals surface area contributed by atoms with Crippen molar-refractivity contribution >= 4 is 17.1 Å². The molecule has 2 aromatic heterocycles. The predicted octanol–water partition coefficient (Wildman–Crippen LogP) is 4.08. The van der Waals surface area contributed by atoms with Crippen molar-refractivity contribution in [2.45, 2.75) is 32.6 Å². The lowest BCUT2D eigenvalue weighted by atomic mass is 9.96. The molecule has 2 heterocycles. The molecule has 2 saturated carbocycles. The Balaban J connectivity index is 1.44. The van der Waals surface area contributed by atoms with Gasteiger partial charge in [-0.25, -0.2) is 9.50 Å². The van der Waals surface area contributed by atoms with Gasteiger partial charge in [0.1, 0.15) is 0 Å². The van der Waals surface area contributed by atoms with Gasteiger partial charge in [-0.3, -0.25) is 4.79 Å². The van der Waals surface area contributed by atoms with Crippen LogP contribution in [0.15, 0.2) is 42.7 Å². The number of amides is 1. The molecule has 0 spiro atoms. The van der Waals surface area contributed by atoms with Crippen LogP contribution in [0, 0.1) is 24.7 Å². The van der Waals surface area contributed by atoms with E-state index in [-0.39, 0.29) is 11.8 Å². The number of fused-ring (bicyclic) bond motifs is 3. The molecule has 3 aromatic rings. The highest BCUT2D eigenvalue weighted by atomic mass is 16.1. The topological polar surface area (TPSA) is 59.3 Å². The van der Waals surface area contributed by atoms with Crippen LogP contribution in [-0.2, 0) is 4.79 Å². The molecule has 2 fully saturated rings. The van der Waals surface area contributed by atoms with Gasteiger partial charge in [-0.1, -0.05) is 6.07 Å². The third kappa shape index (κ3) is 2.50. The number of aromatic nitrogens is 3. The second kappa shape index (κ2) is 5.94. The van der Waals surface area contributed by atoms with E-state index in [0.717, 1.165) is 22.3 Å². The highest BCUT2D eigenvalue weighted by Gasteiger charge is 2.45. The summed E-state index contributed by atoms with van der Waals surface area (Å²) in [6.07, 6.45) is 8.60. The summed E-state index contributed by atoms with van der Waals surface area (Å²) < 4.78 is 1.82. The fourth-order valence-electron chi connectivity index (χ4n) is 4.80. The fourth-order valence-corrected chi connectivity index (χ4v) is 4.80. The van der Waals surface area contributed by atoms with E-state index in [0.29, 0.717) is 17.7 Å². The summed E-state index contributed by atoms with van der Waals surface area (Å²) in [5.74, 6) is 2.23. The van der Waals surface area contributed by atoms with Crippen LogP contribution < -0.4 is 5.32 Å². The molecule has 5 heteroatoms. The number of nitrogens with zero attached hydrogens (tertiary/aromatic N) is 3. The number of nitrogens with one attached hydrogen (secondary N) is 1. The SMILES string of the molecule is Cc1ccc(NC(=O)C2C3CCC2CC3)cc1-c1ncc2cccn2n1. The van der Waals surface area contributed by atoms with Gasteiger partial charge >= 0.3 is 0 Å². The number of rotatable bonds is 3. The van der Waals surface area contributed by atoms with Crippen LogP contribution in [0.3, 0.4) is 0 Å². The van der Waals surface area contributed by atoms with Gasteiger partial charge in [-0.2, -0.15) is 0 Å². The highest BCUT2D eigenvalue weighted by molar-refractivity contribution is 5.94. The number of hydrogen-bond donors (Lipinski definition) is 1. The number of carbonyl (C=O) groups excluding carboxylic acids is 1. The monoisotopic (exact) mass is 346 g/mol. The van der Waals surface area contributed by atoms with Crippen LogP contribution in [0.25, 0.3) is 16.9 Å². The molecule has 0 saturated heterocycles. The Morgan fingerprint density at radius 2 is 1.92 bits per heavy atom. The van der Waals surface area contributed by atoms with Crippen molar-refractivity contribution in [3.8, 4) is 11.4 Å². The predicted molar refractivity (Wildman–Crippen MR) is 101 cm³/mol. The van der Waals surface area contributed by atoms with Crippen LogP contribution in [-0.4, -0.2) is 20.5 Å². The largest absolute Gasteiger partial charge is 0.326 e. The summed E-state index contributed by atoms with van der Waals surface area (Å²) in [7, 11) is 0. The molecule has 5 nitrogen and oxygen atoms in total. The molecule has 1 N–H and O–H groups in total. The van der Waals surface area contributed by atoms with E-state index in [1.165, 1.54) is 25.7 Å². The standard InChI is InChI=1S/C21H22N4O/c1-13-4-9-16(23-21(26)19-14-5-6-15(19)8-7-14)11-18(13)20-22-12-17-3-2-10-25(17)24-20/h2-4,9-12,14-15,19H,5-8H2,1H3,(H,23,26). The highest BCUT2D eigenvalue weighted by Crippen LogP contribution is 2.49. The molecule has 2 bridgehead atoms. The second-order valence-electron chi connectivity index (χ2n) is 7.68. The smallest absolute Gasteiger partial charge is 0.228 e. The molecule has 0 aliphatic heterocycles. The number of benzene rings is 1. The lowest BCUT2D eigenvalue weighted by molar-refractivity contribution is -0.121. The van der Waals surface area contributed by atoms with Gasteiger partial charge in [0.25, 0.3) is 0 Å². The molecule has 2 aliphatic rings. The molecule has 26 heavy (non-hydrogen) atoms. The molecule has 5 rings (SSSR count). The average Bonchev–Trinajstić information content (AvgIpc) is 3.38. The molecular formula is C21H22N4O. The van der Waals surface area contributed by atoms with E-state index in [2.05, 4.69) is 15.4 Å². The van der Waals surface area contributed by atoms with Gasteiger partial charge < -0.3 is 5.32 Å². The minimum Gasteiger partial charge on any atom is -0.326 e. The molecule has 0 radical (unpaired) electrons. The van der Waals surface area contributed by atoms with E-state index < -0.39 is 0 Å². The van der Waals surface area contributed by atoms with E-state index >= 15 is 0 Å². The summed E-state index contributed by atoms with van der Waals surface area (Å²) in [5.41, 5.74) is 3.84. The van der Waals surface area contributed by atoms with Gasteiger partial charge in [-0.05, 0) is 74.3 Å². The van der Waals surface area contributed by atoms with Crippen molar-refractivity contribution in [3.05, 3.63) is 48.3 Å². The summed E-state index contributed by atoms with van der Waals surface area (Å²) in [5, 5.41) is 7.74. The number of aryl methyl sites for hydroxylation is 1. The fraction of sp³-hybridized carbons (Fsp3) is 0.381. The third-order valence-electron chi connectivity index (χ3n) is 6.16. The van der Waals surface area contributed by atoms with Crippen molar-refractivity contribution in [1.82, 2.24) is 14.6 Å². The van der Waals surface area contributed by atoms with Gasteiger partial charge in [0.15, 0.2) is 5.82 Å². The van der Waals surface area contributed by atoms with Gasteiger partial charge in [0.05, 0.1) is 11.7 Å². The number of hydrogen-bond acceptors (Lipinski definition) is 3. The maximum atomic E-state index is 12.8. The van der Waals surface area contributed by atoms with E-state index in [1.807, 2.05) is 54.2 Å². The quantitative estimate of drug-likeness (QED) is 0.777. The number of carbonyl (C=O) groups is 1. The molecule has 1 aromatic carbocycles. The molecular weight excluding hydrogens is 324 g/mol. The van der Waals surface area contributed by atoms with E-state index in [4.69, 9.17) is 0 Å². The lowest BCUT2D eigenvalue weighted by Gasteiger charge is -2.16. The molecule has 132 valence electrons. The van der Waals surface area contributed by atoms with E-state index in [9.17, 15) is 4.79 Å². The molecule has 2 aliphatic carbocycles. The number of anilines is 1. The summed E-state index contributed by atoms with van der Waals surface area (Å²) >= 11 is 0. The van der Waals surface area contributed by atoms with Crippen LogP contribution in [0.4, 0.5) is 5.69 Å². The van der Waals surface area contributed by atoms with Crippen LogP contribution in [0.1, 0.15) is 31.2 Å². The third-order valence-corrected chi connectivity index (χ3v) is 6.16. The zero-order valence-corrected chi connectivity index (χ0v) is 14.9. The zero-order valence-electron chi connectivity index (χ0n) is 14.9. The minimum absolute atomic E-state index is 0.187. The average molecular weight is 346 g/mol. The summed E-state index contributed by atoms with van der Waals surface area (Å²) in [4.78, 5) is 17.3. The Labute approximate surface area is 152 Å². The molecule has 0 unspecified atom stereocenters. The first-order valence-electron chi connectivity index (χ1n) is 9.41. The maximum absolute atomic E-state index is 12.8. The molecule has 1 amide bonds. The second-order valence-corrected chi connectivity index (χ2v) is 7.68. The Hall–Kier alpha value is -2.69. The summed E-state index contributed by atoms with van der Waals surface area (Å²) in [6, 6.07) is 9.92. The van der Waals surface area contributed by atoms with Crippen LogP contribution in [0.2, 0.25) is 0 Å². The first-order valence-corrected chi connectivity index (χ1v) is 9.41. The zero-order chi connectivity index (χ0) is 17.7. The Morgan fingerprint density at radius 3 is 2.69 bits per heavy atom. The Bertz CT molecular complexity index is 973. The van der Waals surface area contributed by atoms with Crippen LogP contribution in [0.5, 0.6) is 0 Å². The lowest BCUT2D eigenvalue weighted by Crippen LogP contribution is -2.26.